The lowest BCUT2D eigenvalue weighted by Gasteiger charge is -2.42. The first kappa shape index (κ1) is 15.0. The van der Waals surface area contributed by atoms with Crippen LogP contribution in [0.5, 0.6) is 0 Å². The van der Waals surface area contributed by atoms with Crippen molar-refractivity contribution in [3.63, 3.8) is 0 Å². The fraction of sp³-hybridized carbons (Fsp3) is 1.00. The van der Waals surface area contributed by atoms with Gasteiger partial charge in [0.1, 0.15) is 0 Å². The Balaban J connectivity index is 2.49. The van der Waals surface area contributed by atoms with Gasteiger partial charge in [0, 0.05) is 24.2 Å². The van der Waals surface area contributed by atoms with Gasteiger partial charge in [-0.15, -0.1) is 0 Å². The van der Waals surface area contributed by atoms with Gasteiger partial charge in [-0.1, -0.05) is 13.8 Å². The number of nitrogens with zero attached hydrogens (tertiary/aromatic N) is 1. The summed E-state index contributed by atoms with van der Waals surface area (Å²) >= 11 is 0. The van der Waals surface area contributed by atoms with Gasteiger partial charge in [0.05, 0.1) is 0 Å². The molecule has 17 heavy (non-hydrogen) atoms. The van der Waals surface area contributed by atoms with Crippen LogP contribution in [0.3, 0.4) is 0 Å². The van der Waals surface area contributed by atoms with Crippen molar-refractivity contribution in [3.8, 4) is 0 Å². The second kappa shape index (κ2) is 6.19. The Kier molecular flexibility index (Phi) is 5.46. The summed E-state index contributed by atoms with van der Waals surface area (Å²) in [7, 11) is 0. The standard InChI is InChI=1S/C15H32N2/c1-7-14(11-16-15(4,5)6)17-9-8-12(2)10-13(17)3/h12-14,16H,7-11H2,1-6H3. The Bertz CT molecular complexity index is 219. The van der Waals surface area contributed by atoms with Gasteiger partial charge in [0.25, 0.3) is 0 Å². The molecule has 0 aliphatic carbocycles. The van der Waals surface area contributed by atoms with E-state index in [2.05, 4.69) is 51.8 Å². The molecule has 0 saturated carbocycles. The van der Waals surface area contributed by atoms with Gasteiger partial charge in [-0.2, -0.15) is 0 Å². The topological polar surface area (TPSA) is 15.3 Å². The molecular formula is C15H32N2. The van der Waals surface area contributed by atoms with Gasteiger partial charge in [-0.3, -0.25) is 4.90 Å². The Morgan fingerprint density at radius 3 is 2.41 bits per heavy atom. The minimum absolute atomic E-state index is 0.236. The van der Waals surface area contributed by atoms with Crippen molar-refractivity contribution in [1.82, 2.24) is 10.2 Å². The molecule has 1 N–H and O–H groups in total. The average Bonchev–Trinajstić information content (AvgIpc) is 2.19. The van der Waals surface area contributed by atoms with E-state index in [9.17, 15) is 0 Å². The monoisotopic (exact) mass is 240 g/mol. The summed E-state index contributed by atoms with van der Waals surface area (Å²) in [4.78, 5) is 2.72. The number of likely N-dealkylation sites (tertiary alicyclic amines) is 1. The third kappa shape index (κ3) is 4.97. The van der Waals surface area contributed by atoms with E-state index in [1.54, 1.807) is 0 Å². The third-order valence-corrected chi connectivity index (χ3v) is 4.00. The van der Waals surface area contributed by atoms with E-state index in [0.717, 1.165) is 18.5 Å². The van der Waals surface area contributed by atoms with Crippen LogP contribution in [0.2, 0.25) is 0 Å². The minimum Gasteiger partial charge on any atom is -0.311 e. The smallest absolute Gasteiger partial charge is 0.0221 e. The maximum Gasteiger partial charge on any atom is 0.0221 e. The van der Waals surface area contributed by atoms with E-state index >= 15 is 0 Å². The lowest BCUT2D eigenvalue weighted by molar-refractivity contribution is 0.0756. The molecule has 1 fully saturated rings. The van der Waals surface area contributed by atoms with Crippen LogP contribution in [0.25, 0.3) is 0 Å². The Morgan fingerprint density at radius 1 is 1.29 bits per heavy atom. The summed E-state index contributed by atoms with van der Waals surface area (Å²) in [5, 5.41) is 3.66. The molecule has 1 rings (SSSR count). The van der Waals surface area contributed by atoms with Crippen molar-refractivity contribution in [2.45, 2.75) is 78.4 Å². The zero-order valence-electron chi connectivity index (χ0n) is 12.7. The zero-order valence-corrected chi connectivity index (χ0v) is 12.7. The Hall–Kier alpha value is -0.0800. The SMILES string of the molecule is CCC(CNC(C)(C)C)N1CCC(C)CC1C. The molecule has 3 unspecified atom stereocenters. The van der Waals surface area contributed by atoms with Crippen LogP contribution in [0, 0.1) is 5.92 Å². The summed E-state index contributed by atoms with van der Waals surface area (Å²) in [5.74, 6) is 0.911. The number of piperidine rings is 1. The molecule has 0 spiro atoms. The highest BCUT2D eigenvalue weighted by Gasteiger charge is 2.28. The van der Waals surface area contributed by atoms with E-state index in [-0.39, 0.29) is 5.54 Å². The molecule has 3 atom stereocenters. The van der Waals surface area contributed by atoms with Crippen LogP contribution >= 0.6 is 0 Å². The molecule has 2 heteroatoms. The fourth-order valence-corrected chi connectivity index (χ4v) is 2.89. The van der Waals surface area contributed by atoms with Gasteiger partial charge >= 0.3 is 0 Å². The maximum atomic E-state index is 3.66. The van der Waals surface area contributed by atoms with Gasteiger partial charge in [0.2, 0.25) is 0 Å². The van der Waals surface area contributed by atoms with Crippen LogP contribution < -0.4 is 5.32 Å². The summed E-state index contributed by atoms with van der Waals surface area (Å²) in [5.41, 5.74) is 0.236. The van der Waals surface area contributed by atoms with Crippen LogP contribution in [0.4, 0.5) is 0 Å². The Morgan fingerprint density at radius 2 is 1.94 bits per heavy atom. The van der Waals surface area contributed by atoms with Crippen molar-refractivity contribution in [2.24, 2.45) is 5.92 Å². The van der Waals surface area contributed by atoms with Gasteiger partial charge in [0.15, 0.2) is 0 Å². The molecule has 0 bridgehead atoms. The minimum atomic E-state index is 0.236. The van der Waals surface area contributed by atoms with Gasteiger partial charge in [-0.05, 0) is 59.4 Å². The van der Waals surface area contributed by atoms with Crippen LogP contribution in [0.1, 0.15) is 60.8 Å². The van der Waals surface area contributed by atoms with Crippen molar-refractivity contribution in [3.05, 3.63) is 0 Å². The lowest BCUT2D eigenvalue weighted by atomic mass is 9.91. The van der Waals surface area contributed by atoms with Gasteiger partial charge in [-0.25, -0.2) is 0 Å². The predicted molar refractivity (Wildman–Crippen MR) is 76.4 cm³/mol. The molecule has 0 aromatic rings. The molecule has 1 aliphatic rings. The van der Waals surface area contributed by atoms with Crippen LogP contribution in [0.15, 0.2) is 0 Å². The molecule has 0 radical (unpaired) electrons. The van der Waals surface area contributed by atoms with Crippen molar-refractivity contribution >= 4 is 0 Å². The first-order valence-electron chi connectivity index (χ1n) is 7.34. The third-order valence-electron chi connectivity index (χ3n) is 4.00. The average molecular weight is 240 g/mol. The largest absolute Gasteiger partial charge is 0.311 e. The maximum absolute atomic E-state index is 3.66. The highest BCUT2D eigenvalue weighted by Crippen LogP contribution is 2.24. The summed E-state index contributed by atoms with van der Waals surface area (Å²) in [6.45, 7) is 16.3. The van der Waals surface area contributed by atoms with E-state index in [1.165, 1.54) is 25.8 Å². The molecule has 1 aliphatic heterocycles. The number of nitrogens with one attached hydrogen (secondary N) is 1. The molecule has 0 aromatic heterocycles. The second-order valence-corrected chi connectivity index (χ2v) is 6.91. The van der Waals surface area contributed by atoms with Gasteiger partial charge < -0.3 is 5.32 Å². The summed E-state index contributed by atoms with van der Waals surface area (Å²) in [6, 6.07) is 1.46. The molecule has 1 saturated heterocycles. The zero-order chi connectivity index (χ0) is 13.1. The fourth-order valence-electron chi connectivity index (χ4n) is 2.89. The molecule has 1 heterocycles. The molecule has 0 amide bonds. The van der Waals surface area contributed by atoms with Crippen LogP contribution in [-0.2, 0) is 0 Å². The number of hydrogen-bond acceptors (Lipinski definition) is 2. The Labute approximate surface area is 108 Å². The van der Waals surface area contributed by atoms with E-state index < -0.39 is 0 Å². The molecule has 2 nitrogen and oxygen atoms in total. The number of hydrogen-bond donors (Lipinski definition) is 1. The normalized spacial score (nSPS) is 29.3. The summed E-state index contributed by atoms with van der Waals surface area (Å²) in [6.07, 6.45) is 3.99. The molecular weight excluding hydrogens is 208 g/mol. The van der Waals surface area contributed by atoms with Crippen LogP contribution in [-0.4, -0.2) is 35.6 Å². The van der Waals surface area contributed by atoms with Crippen molar-refractivity contribution in [1.29, 1.82) is 0 Å². The van der Waals surface area contributed by atoms with E-state index in [0.29, 0.717) is 6.04 Å². The predicted octanol–water partition coefficient (Wildman–Crippen LogP) is 3.27. The van der Waals surface area contributed by atoms with E-state index in [1.807, 2.05) is 0 Å². The number of rotatable bonds is 4. The first-order chi connectivity index (χ1) is 7.83. The highest BCUT2D eigenvalue weighted by atomic mass is 15.2. The quantitative estimate of drug-likeness (QED) is 0.811. The summed E-state index contributed by atoms with van der Waals surface area (Å²) < 4.78 is 0. The van der Waals surface area contributed by atoms with E-state index in [4.69, 9.17) is 0 Å². The highest BCUT2D eigenvalue weighted by molar-refractivity contribution is 4.85. The van der Waals surface area contributed by atoms with Crippen molar-refractivity contribution in [2.75, 3.05) is 13.1 Å². The lowest BCUT2D eigenvalue weighted by Crippen LogP contribution is -2.52. The molecule has 102 valence electrons. The van der Waals surface area contributed by atoms with Crippen molar-refractivity contribution < 1.29 is 0 Å². The molecule has 0 aromatic carbocycles. The second-order valence-electron chi connectivity index (χ2n) is 6.91. The first-order valence-corrected chi connectivity index (χ1v) is 7.34.